The fourth-order valence-corrected chi connectivity index (χ4v) is 1.79. The summed E-state index contributed by atoms with van der Waals surface area (Å²) < 4.78 is 10.6. The van der Waals surface area contributed by atoms with Crippen molar-refractivity contribution in [3.05, 3.63) is 22.7 Å². The predicted molar refractivity (Wildman–Crippen MR) is 80.7 cm³/mol. The molecule has 1 N–H and O–H groups in total. The molecule has 0 radical (unpaired) electrons. The summed E-state index contributed by atoms with van der Waals surface area (Å²) >= 11 is 6.04. The second kappa shape index (κ2) is 7.75. The maximum atomic E-state index is 11.8. The number of halogens is 1. The molecule has 0 saturated carbocycles. The number of ether oxygens (including phenoxy) is 2. The first-order valence-electron chi connectivity index (χ1n) is 6.58. The van der Waals surface area contributed by atoms with Gasteiger partial charge in [0.15, 0.2) is 18.1 Å². The fourth-order valence-electron chi connectivity index (χ4n) is 1.52. The lowest BCUT2D eigenvalue weighted by atomic mass is 10.1. The van der Waals surface area contributed by atoms with Gasteiger partial charge in [-0.15, -0.1) is 0 Å². The van der Waals surface area contributed by atoms with E-state index in [-0.39, 0.29) is 29.3 Å². The molecule has 0 aliphatic rings. The number of rotatable bonds is 6. The molecule has 6 heteroatoms. The van der Waals surface area contributed by atoms with E-state index in [9.17, 15) is 4.79 Å². The Labute approximate surface area is 129 Å². The van der Waals surface area contributed by atoms with E-state index in [1.165, 1.54) is 19.2 Å². The number of methoxy groups -OCH3 is 1. The SMILES string of the molecule is COc1cc(C#N)cc(Cl)c1OCC(=O)NC(C)C(C)C. The van der Waals surface area contributed by atoms with Crippen molar-refractivity contribution in [2.24, 2.45) is 5.92 Å². The summed E-state index contributed by atoms with van der Waals surface area (Å²) in [5, 5.41) is 11.9. The van der Waals surface area contributed by atoms with Crippen molar-refractivity contribution in [3.63, 3.8) is 0 Å². The van der Waals surface area contributed by atoms with Gasteiger partial charge in [-0.3, -0.25) is 4.79 Å². The van der Waals surface area contributed by atoms with Crippen LogP contribution in [0.1, 0.15) is 26.3 Å². The smallest absolute Gasteiger partial charge is 0.258 e. The number of nitrogens with one attached hydrogen (secondary N) is 1. The molecule has 21 heavy (non-hydrogen) atoms. The number of nitrogens with zero attached hydrogens (tertiary/aromatic N) is 1. The number of carbonyl (C=O) groups excluding carboxylic acids is 1. The van der Waals surface area contributed by atoms with E-state index >= 15 is 0 Å². The first-order chi connectivity index (χ1) is 9.88. The average Bonchev–Trinajstić information content (AvgIpc) is 2.44. The zero-order valence-corrected chi connectivity index (χ0v) is 13.3. The molecule has 1 amide bonds. The van der Waals surface area contributed by atoms with Crippen LogP contribution in [0.2, 0.25) is 5.02 Å². The Balaban J connectivity index is 2.76. The van der Waals surface area contributed by atoms with E-state index < -0.39 is 0 Å². The lowest BCUT2D eigenvalue weighted by Gasteiger charge is -2.18. The third kappa shape index (κ3) is 4.83. The van der Waals surface area contributed by atoms with Crippen molar-refractivity contribution in [3.8, 4) is 17.6 Å². The van der Waals surface area contributed by atoms with Crippen LogP contribution in [0.3, 0.4) is 0 Å². The maximum absolute atomic E-state index is 11.8. The highest BCUT2D eigenvalue weighted by Crippen LogP contribution is 2.36. The number of hydrogen-bond donors (Lipinski definition) is 1. The van der Waals surface area contributed by atoms with Gasteiger partial charge in [-0.05, 0) is 18.9 Å². The minimum atomic E-state index is -0.237. The van der Waals surface area contributed by atoms with E-state index in [2.05, 4.69) is 5.32 Å². The van der Waals surface area contributed by atoms with Gasteiger partial charge in [0.25, 0.3) is 5.91 Å². The first kappa shape index (κ1) is 17.1. The monoisotopic (exact) mass is 310 g/mol. The van der Waals surface area contributed by atoms with Gasteiger partial charge in [0.05, 0.1) is 23.8 Å². The van der Waals surface area contributed by atoms with Crippen molar-refractivity contribution in [2.45, 2.75) is 26.8 Å². The van der Waals surface area contributed by atoms with E-state index in [1.807, 2.05) is 26.8 Å². The number of hydrogen-bond acceptors (Lipinski definition) is 4. The van der Waals surface area contributed by atoms with Crippen LogP contribution in [0.15, 0.2) is 12.1 Å². The average molecular weight is 311 g/mol. The summed E-state index contributed by atoms with van der Waals surface area (Å²) in [5.74, 6) is 0.676. The Hall–Kier alpha value is -1.93. The number of benzene rings is 1. The highest BCUT2D eigenvalue weighted by Gasteiger charge is 2.15. The highest BCUT2D eigenvalue weighted by atomic mass is 35.5. The summed E-state index contributed by atoms with van der Waals surface area (Å²) in [5.41, 5.74) is 0.363. The van der Waals surface area contributed by atoms with Crippen LogP contribution in [-0.4, -0.2) is 25.7 Å². The zero-order chi connectivity index (χ0) is 16.0. The van der Waals surface area contributed by atoms with Gasteiger partial charge in [0.2, 0.25) is 0 Å². The van der Waals surface area contributed by atoms with Crippen molar-refractivity contribution in [1.29, 1.82) is 5.26 Å². The number of amides is 1. The van der Waals surface area contributed by atoms with Crippen LogP contribution < -0.4 is 14.8 Å². The van der Waals surface area contributed by atoms with Gasteiger partial charge in [-0.25, -0.2) is 0 Å². The Morgan fingerprint density at radius 2 is 2.10 bits per heavy atom. The van der Waals surface area contributed by atoms with Crippen LogP contribution in [0, 0.1) is 17.2 Å². The zero-order valence-electron chi connectivity index (χ0n) is 12.6. The molecule has 0 aliphatic heterocycles. The molecule has 114 valence electrons. The van der Waals surface area contributed by atoms with E-state index in [0.29, 0.717) is 17.2 Å². The molecule has 0 fully saturated rings. The lowest BCUT2D eigenvalue weighted by molar-refractivity contribution is -0.124. The van der Waals surface area contributed by atoms with Gasteiger partial charge in [0.1, 0.15) is 0 Å². The van der Waals surface area contributed by atoms with Crippen molar-refractivity contribution < 1.29 is 14.3 Å². The summed E-state index contributed by atoms with van der Waals surface area (Å²) in [6.07, 6.45) is 0. The first-order valence-corrected chi connectivity index (χ1v) is 6.96. The van der Waals surface area contributed by atoms with Crippen LogP contribution in [0.25, 0.3) is 0 Å². The highest BCUT2D eigenvalue weighted by molar-refractivity contribution is 6.32. The standard InChI is InChI=1S/C15H19ClN2O3/c1-9(2)10(3)18-14(19)8-21-15-12(16)5-11(7-17)6-13(15)20-4/h5-6,9-10H,8H2,1-4H3,(H,18,19). The molecule has 1 rings (SSSR count). The van der Waals surface area contributed by atoms with Crippen LogP contribution in [0.4, 0.5) is 0 Å². The van der Waals surface area contributed by atoms with Crippen molar-refractivity contribution >= 4 is 17.5 Å². The maximum Gasteiger partial charge on any atom is 0.258 e. The third-order valence-corrected chi connectivity index (χ3v) is 3.38. The van der Waals surface area contributed by atoms with E-state index in [0.717, 1.165) is 0 Å². The Bertz CT molecular complexity index is 553. The number of nitriles is 1. The molecule has 0 heterocycles. The van der Waals surface area contributed by atoms with E-state index in [4.69, 9.17) is 26.3 Å². The molecule has 0 saturated heterocycles. The van der Waals surface area contributed by atoms with Gasteiger partial charge >= 0.3 is 0 Å². The minimum absolute atomic E-state index is 0.0550. The molecule has 1 unspecified atom stereocenters. The van der Waals surface area contributed by atoms with Crippen molar-refractivity contribution in [1.82, 2.24) is 5.32 Å². The molecular weight excluding hydrogens is 292 g/mol. The predicted octanol–water partition coefficient (Wildman–Crippen LogP) is 2.76. The molecule has 0 aromatic heterocycles. The number of carbonyl (C=O) groups is 1. The van der Waals surface area contributed by atoms with Crippen LogP contribution in [-0.2, 0) is 4.79 Å². The Kier molecular flexibility index (Phi) is 6.32. The van der Waals surface area contributed by atoms with Gasteiger partial charge in [-0.2, -0.15) is 5.26 Å². The molecule has 1 atom stereocenters. The summed E-state index contributed by atoms with van der Waals surface area (Å²) in [4.78, 5) is 11.8. The molecule has 1 aromatic carbocycles. The fraction of sp³-hybridized carbons (Fsp3) is 0.467. The molecule has 0 bridgehead atoms. The minimum Gasteiger partial charge on any atom is -0.493 e. The molecule has 1 aromatic rings. The normalized spacial score (nSPS) is 11.7. The Morgan fingerprint density at radius 3 is 2.62 bits per heavy atom. The van der Waals surface area contributed by atoms with E-state index in [1.54, 1.807) is 0 Å². The molecule has 5 nitrogen and oxygen atoms in total. The van der Waals surface area contributed by atoms with Gasteiger partial charge in [-0.1, -0.05) is 25.4 Å². The Morgan fingerprint density at radius 1 is 1.43 bits per heavy atom. The summed E-state index contributed by atoms with van der Waals surface area (Å²) in [6, 6.07) is 5.01. The second-order valence-electron chi connectivity index (χ2n) is 4.99. The summed E-state index contributed by atoms with van der Waals surface area (Å²) in [7, 11) is 1.45. The largest absolute Gasteiger partial charge is 0.493 e. The quantitative estimate of drug-likeness (QED) is 0.877. The van der Waals surface area contributed by atoms with Crippen LogP contribution >= 0.6 is 11.6 Å². The lowest BCUT2D eigenvalue weighted by Crippen LogP contribution is -2.39. The third-order valence-electron chi connectivity index (χ3n) is 3.09. The second-order valence-corrected chi connectivity index (χ2v) is 5.40. The molecule has 0 aliphatic carbocycles. The topological polar surface area (TPSA) is 71.3 Å². The van der Waals surface area contributed by atoms with Crippen molar-refractivity contribution in [2.75, 3.05) is 13.7 Å². The van der Waals surface area contributed by atoms with Gasteiger partial charge < -0.3 is 14.8 Å². The summed E-state index contributed by atoms with van der Waals surface area (Å²) in [6.45, 7) is 5.80. The molecular formula is C15H19ClN2O3. The van der Waals surface area contributed by atoms with Gasteiger partial charge in [0, 0.05) is 12.1 Å². The molecule has 0 spiro atoms. The van der Waals surface area contributed by atoms with Crippen LogP contribution in [0.5, 0.6) is 11.5 Å².